The quantitative estimate of drug-likeness (QED) is 0.858. The maximum Gasteiger partial charge on any atom is 0.251 e. The van der Waals surface area contributed by atoms with Gasteiger partial charge in [0, 0.05) is 12.1 Å². The van der Waals surface area contributed by atoms with Gasteiger partial charge in [0.05, 0.1) is 0 Å². The average Bonchev–Trinajstić information content (AvgIpc) is 2.41. The molecule has 0 atom stereocenters. The van der Waals surface area contributed by atoms with Gasteiger partial charge in [0.2, 0.25) is 0 Å². The Labute approximate surface area is 114 Å². The number of rotatable bonds is 3. The molecule has 0 aromatic heterocycles. The molecular weight excluding hydrogens is 267 g/mol. The lowest BCUT2D eigenvalue weighted by Gasteiger charge is -2.07. The Bertz CT molecular complexity index is 632. The van der Waals surface area contributed by atoms with Crippen molar-refractivity contribution in [3.8, 4) is 0 Å². The summed E-state index contributed by atoms with van der Waals surface area (Å²) in [4.78, 5) is 11.8. The summed E-state index contributed by atoms with van der Waals surface area (Å²) in [6.07, 6.45) is 0. The van der Waals surface area contributed by atoms with Crippen molar-refractivity contribution in [2.24, 2.45) is 0 Å². The molecule has 0 fully saturated rings. The maximum absolute atomic E-state index is 13.0. The predicted molar refractivity (Wildman–Crippen MR) is 68.7 cm³/mol. The van der Waals surface area contributed by atoms with E-state index in [0.29, 0.717) is 12.1 Å². The van der Waals surface area contributed by atoms with Crippen molar-refractivity contribution in [1.29, 1.82) is 0 Å². The highest BCUT2D eigenvalue weighted by Crippen LogP contribution is 2.13. The van der Waals surface area contributed by atoms with E-state index in [1.807, 2.05) is 31.2 Å². The first-order valence-electron chi connectivity index (χ1n) is 5.95. The summed E-state index contributed by atoms with van der Waals surface area (Å²) < 4.78 is 38.8. The highest BCUT2D eigenvalue weighted by atomic mass is 19.2. The first kappa shape index (κ1) is 14.1. The highest BCUT2D eigenvalue weighted by molar-refractivity contribution is 5.94. The van der Waals surface area contributed by atoms with Crippen molar-refractivity contribution in [2.75, 3.05) is 0 Å². The molecule has 0 heterocycles. The number of carbonyl (C=O) groups excluding carboxylic acids is 1. The maximum atomic E-state index is 13.0. The molecule has 0 saturated heterocycles. The molecule has 0 aliphatic carbocycles. The van der Waals surface area contributed by atoms with E-state index in [9.17, 15) is 18.0 Å². The van der Waals surface area contributed by atoms with Gasteiger partial charge in [-0.15, -0.1) is 0 Å². The van der Waals surface area contributed by atoms with Crippen LogP contribution in [0, 0.1) is 24.4 Å². The van der Waals surface area contributed by atoms with Crippen LogP contribution < -0.4 is 5.32 Å². The SMILES string of the molecule is Cc1cccc(CNC(=O)c2cc(F)c(F)c(F)c2)c1. The fourth-order valence-electron chi connectivity index (χ4n) is 1.79. The summed E-state index contributed by atoms with van der Waals surface area (Å²) in [6, 6.07) is 8.79. The summed E-state index contributed by atoms with van der Waals surface area (Å²) in [7, 11) is 0. The van der Waals surface area contributed by atoms with Crippen LogP contribution in [0.2, 0.25) is 0 Å². The monoisotopic (exact) mass is 279 g/mol. The van der Waals surface area contributed by atoms with Crippen molar-refractivity contribution < 1.29 is 18.0 Å². The van der Waals surface area contributed by atoms with E-state index in [1.165, 1.54) is 0 Å². The fourth-order valence-corrected chi connectivity index (χ4v) is 1.79. The van der Waals surface area contributed by atoms with E-state index < -0.39 is 23.4 Å². The summed E-state index contributed by atoms with van der Waals surface area (Å²) in [6.45, 7) is 2.14. The zero-order valence-corrected chi connectivity index (χ0v) is 10.7. The number of nitrogens with one attached hydrogen (secondary N) is 1. The Hall–Kier alpha value is -2.30. The lowest BCUT2D eigenvalue weighted by Crippen LogP contribution is -2.23. The minimum absolute atomic E-state index is 0.223. The Balaban J connectivity index is 2.09. The number of aryl methyl sites for hydroxylation is 1. The largest absolute Gasteiger partial charge is 0.348 e. The van der Waals surface area contributed by atoms with Crippen LogP contribution in [0.25, 0.3) is 0 Å². The summed E-state index contributed by atoms with van der Waals surface area (Å²) in [5, 5.41) is 2.52. The molecule has 0 bridgehead atoms. The minimum Gasteiger partial charge on any atom is -0.348 e. The first-order valence-corrected chi connectivity index (χ1v) is 5.95. The van der Waals surface area contributed by atoms with Crippen LogP contribution in [0.5, 0.6) is 0 Å². The molecule has 20 heavy (non-hydrogen) atoms. The fraction of sp³-hybridized carbons (Fsp3) is 0.133. The van der Waals surface area contributed by atoms with Crippen molar-refractivity contribution in [2.45, 2.75) is 13.5 Å². The average molecular weight is 279 g/mol. The number of hydrogen-bond acceptors (Lipinski definition) is 1. The lowest BCUT2D eigenvalue weighted by molar-refractivity contribution is 0.0949. The van der Waals surface area contributed by atoms with E-state index in [-0.39, 0.29) is 12.1 Å². The third-order valence-electron chi connectivity index (χ3n) is 2.78. The van der Waals surface area contributed by atoms with E-state index in [0.717, 1.165) is 11.1 Å². The molecule has 2 nitrogen and oxygen atoms in total. The third-order valence-corrected chi connectivity index (χ3v) is 2.78. The number of amides is 1. The molecule has 2 rings (SSSR count). The molecule has 0 radical (unpaired) electrons. The molecule has 2 aromatic rings. The van der Waals surface area contributed by atoms with Crippen LogP contribution in [0.4, 0.5) is 13.2 Å². The standard InChI is InChI=1S/C15H12F3NO/c1-9-3-2-4-10(5-9)8-19-15(20)11-6-12(16)14(18)13(17)7-11/h2-7H,8H2,1H3,(H,19,20). The van der Waals surface area contributed by atoms with Gasteiger partial charge in [-0.1, -0.05) is 29.8 Å². The second-order valence-electron chi connectivity index (χ2n) is 4.43. The lowest BCUT2D eigenvalue weighted by atomic mass is 10.1. The zero-order valence-electron chi connectivity index (χ0n) is 10.7. The van der Waals surface area contributed by atoms with Crippen molar-refractivity contribution in [3.63, 3.8) is 0 Å². The van der Waals surface area contributed by atoms with Gasteiger partial charge in [-0.05, 0) is 24.6 Å². The van der Waals surface area contributed by atoms with Gasteiger partial charge in [0.15, 0.2) is 17.5 Å². The Kier molecular flexibility index (Phi) is 4.08. The highest BCUT2D eigenvalue weighted by Gasteiger charge is 2.14. The van der Waals surface area contributed by atoms with Crippen molar-refractivity contribution in [1.82, 2.24) is 5.32 Å². The van der Waals surface area contributed by atoms with Crippen molar-refractivity contribution >= 4 is 5.91 Å². The van der Waals surface area contributed by atoms with Gasteiger partial charge in [-0.2, -0.15) is 0 Å². The summed E-state index contributed by atoms with van der Waals surface area (Å²) in [5.41, 5.74) is 1.64. The van der Waals surface area contributed by atoms with E-state index in [2.05, 4.69) is 5.32 Å². The van der Waals surface area contributed by atoms with Gasteiger partial charge in [0.1, 0.15) is 0 Å². The molecule has 1 amide bonds. The van der Waals surface area contributed by atoms with Crippen LogP contribution in [0.1, 0.15) is 21.5 Å². The van der Waals surface area contributed by atoms with Crippen LogP contribution in [0.15, 0.2) is 36.4 Å². The van der Waals surface area contributed by atoms with Crippen molar-refractivity contribution in [3.05, 3.63) is 70.5 Å². The zero-order chi connectivity index (χ0) is 14.7. The van der Waals surface area contributed by atoms with Gasteiger partial charge in [-0.25, -0.2) is 13.2 Å². The first-order chi connectivity index (χ1) is 9.47. The molecule has 0 aliphatic heterocycles. The molecule has 0 saturated carbocycles. The van der Waals surface area contributed by atoms with Gasteiger partial charge in [0.25, 0.3) is 5.91 Å². The van der Waals surface area contributed by atoms with Gasteiger partial charge < -0.3 is 5.32 Å². The normalized spacial score (nSPS) is 10.4. The Morgan fingerprint density at radius 3 is 2.35 bits per heavy atom. The van der Waals surface area contributed by atoms with Crippen LogP contribution in [0.3, 0.4) is 0 Å². The summed E-state index contributed by atoms with van der Waals surface area (Å²) >= 11 is 0. The molecule has 0 aliphatic rings. The molecule has 104 valence electrons. The van der Waals surface area contributed by atoms with E-state index >= 15 is 0 Å². The second-order valence-corrected chi connectivity index (χ2v) is 4.43. The van der Waals surface area contributed by atoms with Gasteiger partial charge in [-0.3, -0.25) is 4.79 Å². The van der Waals surface area contributed by atoms with Crippen LogP contribution >= 0.6 is 0 Å². The Morgan fingerprint density at radius 1 is 1.10 bits per heavy atom. The smallest absolute Gasteiger partial charge is 0.251 e. The minimum atomic E-state index is -1.58. The van der Waals surface area contributed by atoms with E-state index in [1.54, 1.807) is 0 Å². The van der Waals surface area contributed by atoms with Crippen LogP contribution in [-0.2, 0) is 6.54 Å². The topological polar surface area (TPSA) is 29.1 Å². The van der Waals surface area contributed by atoms with Gasteiger partial charge >= 0.3 is 0 Å². The summed E-state index contributed by atoms with van der Waals surface area (Å²) in [5.74, 6) is -5.01. The second kappa shape index (κ2) is 5.77. The van der Waals surface area contributed by atoms with Crippen LogP contribution in [-0.4, -0.2) is 5.91 Å². The number of hydrogen-bond donors (Lipinski definition) is 1. The Morgan fingerprint density at radius 2 is 1.75 bits per heavy atom. The predicted octanol–water partition coefficient (Wildman–Crippen LogP) is 3.34. The molecule has 5 heteroatoms. The number of carbonyl (C=O) groups is 1. The number of halogens is 3. The molecule has 2 aromatic carbocycles. The number of benzene rings is 2. The molecule has 0 unspecified atom stereocenters. The molecular formula is C15H12F3NO. The third kappa shape index (κ3) is 3.17. The van der Waals surface area contributed by atoms with E-state index in [4.69, 9.17) is 0 Å². The molecule has 1 N–H and O–H groups in total. The molecule has 0 spiro atoms.